The van der Waals surface area contributed by atoms with Crippen molar-refractivity contribution in [3.8, 4) is 5.75 Å². The number of nitrogens with zero attached hydrogens (tertiary/aromatic N) is 2. The summed E-state index contributed by atoms with van der Waals surface area (Å²) in [6.07, 6.45) is -5.54. The number of likely N-dealkylation sites (N-methyl/N-ethyl adjacent to an activating group) is 1. The maximum atomic E-state index is 14.0. The number of primary amides is 1. The number of phenols is 1. The van der Waals surface area contributed by atoms with Gasteiger partial charge in [0, 0.05) is 43.9 Å². The third-order valence-corrected chi connectivity index (χ3v) is 8.78. The lowest BCUT2D eigenvalue weighted by Crippen LogP contribution is -2.74. The summed E-state index contributed by atoms with van der Waals surface area (Å²) in [5, 5.41) is 25.6. The fourth-order valence-electron chi connectivity index (χ4n) is 6.94. The van der Waals surface area contributed by atoms with Crippen LogP contribution in [0.5, 0.6) is 5.75 Å². The summed E-state index contributed by atoms with van der Waals surface area (Å²) in [5.41, 5.74) is 3.29. The number of anilines is 1. The molecule has 3 aliphatic rings. The van der Waals surface area contributed by atoms with Gasteiger partial charge in [0.1, 0.15) is 5.75 Å². The number of halogens is 3. The smallest absolute Gasteiger partial charge is 0.390 e. The van der Waals surface area contributed by atoms with Crippen LogP contribution < -0.4 is 16.0 Å². The van der Waals surface area contributed by atoms with E-state index >= 15 is 0 Å². The molecule has 0 bridgehead atoms. The number of hydrogen-bond acceptors (Lipinski definition) is 10. The van der Waals surface area contributed by atoms with Gasteiger partial charge in [-0.15, -0.1) is 0 Å². The normalized spacial score (nSPS) is 30.1. The van der Waals surface area contributed by atoms with E-state index in [0.29, 0.717) is 11.3 Å². The summed E-state index contributed by atoms with van der Waals surface area (Å²) in [7, 11) is 6.37. The van der Waals surface area contributed by atoms with Gasteiger partial charge in [0.05, 0.1) is 23.9 Å². The minimum absolute atomic E-state index is 0.0745. The van der Waals surface area contributed by atoms with Crippen LogP contribution in [-0.2, 0) is 32.1 Å². The topological polar surface area (TPSA) is 170 Å². The molecule has 14 heteroatoms. The SMILES string of the molecule is CC(CC(F)(F)F)NCc1cc(N(C)C)c2c(c1O)C(=O)C1C(=O)[C@@]3(O)C(=O)C(C(N)=O)C(=O)[C@H](N(C)C)[C@H]3C[C@H]1C2. The quantitative estimate of drug-likeness (QED) is 0.323. The molecule has 5 N–H and O–H groups in total. The Morgan fingerprint density at radius 2 is 1.79 bits per heavy atom. The molecule has 1 aromatic carbocycles. The van der Waals surface area contributed by atoms with E-state index in [4.69, 9.17) is 5.73 Å². The summed E-state index contributed by atoms with van der Waals surface area (Å²) < 4.78 is 38.5. The zero-order valence-corrected chi connectivity index (χ0v) is 23.9. The molecular formula is C28H35F3N4O7. The molecule has 1 aromatic rings. The number of carbonyl (C=O) groups excluding carboxylic acids is 5. The Morgan fingerprint density at radius 1 is 1.17 bits per heavy atom. The van der Waals surface area contributed by atoms with Gasteiger partial charge in [0.2, 0.25) is 5.91 Å². The lowest BCUT2D eigenvalue weighted by Gasteiger charge is -2.52. The van der Waals surface area contributed by atoms with Crippen molar-refractivity contribution in [3.05, 3.63) is 22.8 Å². The van der Waals surface area contributed by atoms with Gasteiger partial charge in [0.25, 0.3) is 0 Å². The van der Waals surface area contributed by atoms with Crippen molar-refractivity contribution in [3.63, 3.8) is 0 Å². The summed E-state index contributed by atoms with van der Waals surface area (Å²) in [4.78, 5) is 69.7. The van der Waals surface area contributed by atoms with Crippen LogP contribution >= 0.6 is 0 Å². The molecule has 0 radical (unpaired) electrons. The molecule has 0 spiro atoms. The van der Waals surface area contributed by atoms with E-state index in [9.17, 15) is 47.4 Å². The summed E-state index contributed by atoms with van der Waals surface area (Å²) >= 11 is 0. The Balaban J connectivity index is 1.79. The Labute approximate surface area is 240 Å². The third-order valence-electron chi connectivity index (χ3n) is 8.78. The van der Waals surface area contributed by atoms with Crippen molar-refractivity contribution in [2.45, 2.75) is 56.6 Å². The number of amides is 1. The van der Waals surface area contributed by atoms with E-state index in [-0.39, 0.29) is 30.5 Å². The fraction of sp³-hybridized carbons (Fsp3) is 0.607. The number of benzene rings is 1. The molecule has 4 rings (SSSR count). The van der Waals surface area contributed by atoms with Crippen molar-refractivity contribution >= 4 is 34.7 Å². The minimum Gasteiger partial charge on any atom is -0.507 e. The third kappa shape index (κ3) is 4.98. The largest absolute Gasteiger partial charge is 0.507 e. The van der Waals surface area contributed by atoms with Gasteiger partial charge in [0.15, 0.2) is 34.7 Å². The first-order valence-electron chi connectivity index (χ1n) is 13.5. The molecule has 2 fully saturated rings. The highest BCUT2D eigenvalue weighted by atomic mass is 19.4. The van der Waals surface area contributed by atoms with E-state index in [1.807, 2.05) is 0 Å². The Kier molecular flexibility index (Phi) is 8.06. The number of fused-ring (bicyclic) bond motifs is 3. The Hall–Kier alpha value is -3.36. The van der Waals surface area contributed by atoms with E-state index in [1.54, 1.807) is 25.1 Å². The number of carbonyl (C=O) groups is 5. The van der Waals surface area contributed by atoms with Crippen LogP contribution in [0.4, 0.5) is 18.9 Å². The molecule has 1 amide bonds. The zero-order valence-electron chi connectivity index (χ0n) is 23.9. The van der Waals surface area contributed by atoms with Crippen LogP contribution in [0.25, 0.3) is 0 Å². The second kappa shape index (κ2) is 10.7. The van der Waals surface area contributed by atoms with Gasteiger partial charge in [-0.3, -0.25) is 28.9 Å². The number of Topliss-reactive ketones (excluding diaryl/α,β-unsaturated/α-hetero) is 4. The number of hydrogen-bond donors (Lipinski definition) is 4. The van der Waals surface area contributed by atoms with Gasteiger partial charge in [-0.2, -0.15) is 13.2 Å². The maximum absolute atomic E-state index is 14.0. The highest BCUT2D eigenvalue weighted by Crippen LogP contribution is 2.52. The van der Waals surface area contributed by atoms with Crippen LogP contribution in [0.2, 0.25) is 0 Å². The fourth-order valence-corrected chi connectivity index (χ4v) is 6.94. The number of phenolic OH excluding ortho intramolecular Hbond substituents is 1. The van der Waals surface area contributed by atoms with Crippen molar-refractivity contribution in [1.29, 1.82) is 0 Å². The summed E-state index contributed by atoms with van der Waals surface area (Å²) in [5.74, 6) is -11.7. The van der Waals surface area contributed by atoms with Crippen LogP contribution in [0.15, 0.2) is 6.07 Å². The maximum Gasteiger partial charge on any atom is 0.390 e. The number of ketones is 4. The number of nitrogens with two attached hydrogens (primary N) is 1. The number of alkyl halides is 3. The van der Waals surface area contributed by atoms with Crippen molar-refractivity contribution in [2.24, 2.45) is 29.4 Å². The van der Waals surface area contributed by atoms with Crippen LogP contribution in [0.3, 0.4) is 0 Å². The monoisotopic (exact) mass is 596 g/mol. The van der Waals surface area contributed by atoms with E-state index in [1.165, 1.54) is 25.9 Å². The van der Waals surface area contributed by atoms with Crippen LogP contribution in [0, 0.1) is 23.7 Å². The van der Waals surface area contributed by atoms with Crippen molar-refractivity contribution < 1.29 is 47.4 Å². The summed E-state index contributed by atoms with van der Waals surface area (Å²) in [6.45, 7) is 1.11. The number of aliphatic hydroxyl groups is 1. The molecule has 2 saturated carbocycles. The highest BCUT2D eigenvalue weighted by Gasteiger charge is 2.69. The van der Waals surface area contributed by atoms with E-state index in [2.05, 4.69) is 5.32 Å². The molecule has 3 aliphatic carbocycles. The van der Waals surface area contributed by atoms with E-state index < -0.39 is 88.7 Å². The van der Waals surface area contributed by atoms with Crippen LogP contribution in [-0.4, -0.2) is 96.2 Å². The molecule has 0 aliphatic heterocycles. The molecule has 11 nitrogen and oxygen atoms in total. The molecule has 230 valence electrons. The number of rotatable bonds is 7. The average molecular weight is 597 g/mol. The predicted molar refractivity (Wildman–Crippen MR) is 143 cm³/mol. The molecule has 0 heterocycles. The van der Waals surface area contributed by atoms with Gasteiger partial charge in [-0.05, 0) is 51.4 Å². The average Bonchev–Trinajstić information content (AvgIpc) is 2.84. The second-order valence-electron chi connectivity index (χ2n) is 12.0. The molecule has 42 heavy (non-hydrogen) atoms. The van der Waals surface area contributed by atoms with Crippen LogP contribution in [0.1, 0.15) is 41.3 Å². The minimum atomic E-state index is -4.41. The second-order valence-corrected chi connectivity index (χ2v) is 12.0. The van der Waals surface area contributed by atoms with Gasteiger partial charge in [-0.25, -0.2) is 0 Å². The number of nitrogens with one attached hydrogen (secondary N) is 1. The van der Waals surface area contributed by atoms with Gasteiger partial charge >= 0.3 is 6.18 Å². The first-order valence-corrected chi connectivity index (χ1v) is 13.5. The first-order chi connectivity index (χ1) is 19.3. The Morgan fingerprint density at radius 3 is 2.31 bits per heavy atom. The van der Waals surface area contributed by atoms with Crippen molar-refractivity contribution in [1.82, 2.24) is 10.2 Å². The van der Waals surface area contributed by atoms with Gasteiger partial charge in [-0.1, -0.05) is 0 Å². The molecule has 7 atom stereocenters. The molecule has 3 unspecified atom stereocenters. The van der Waals surface area contributed by atoms with Crippen molar-refractivity contribution in [2.75, 3.05) is 33.1 Å². The lowest BCUT2D eigenvalue weighted by molar-refractivity contribution is -0.181. The highest BCUT2D eigenvalue weighted by molar-refractivity contribution is 6.32. The predicted octanol–water partition coefficient (Wildman–Crippen LogP) is 0.364. The van der Waals surface area contributed by atoms with Gasteiger partial charge < -0.3 is 26.2 Å². The number of aromatic hydroxyl groups is 1. The van der Waals surface area contributed by atoms with E-state index in [0.717, 1.165) is 0 Å². The standard InChI is InChI=1S/C28H35F3N4O7/c1-11(9-27(29,30)31)33-10-13-8-16(34(2)3)14-6-12-7-15-20(35(4)5)23(38)19(26(32)41)25(40)28(15,42)24(39)17(12)22(37)18(14)21(13)36/h8,11-12,15,17,19-20,33,36,42H,6-7,9-10H2,1-5H3,(H2,32,41)/t11?,12-,15-,17?,19?,20-,28-/m1/s1. The lowest BCUT2D eigenvalue weighted by atomic mass is 9.52. The Bertz CT molecular complexity index is 1360. The zero-order chi connectivity index (χ0) is 31.6. The molecule has 0 aromatic heterocycles. The first kappa shape index (κ1) is 31.6. The summed E-state index contributed by atoms with van der Waals surface area (Å²) in [6, 6.07) is -0.651. The molecule has 0 saturated heterocycles. The molecular weight excluding hydrogens is 561 g/mol.